The maximum atomic E-state index is 13.1. The number of para-hydroxylation sites is 1. The molecule has 3 aromatic rings. The van der Waals surface area contributed by atoms with Gasteiger partial charge in [-0.2, -0.15) is 5.10 Å². The second kappa shape index (κ2) is 9.54. The summed E-state index contributed by atoms with van der Waals surface area (Å²) in [6, 6.07) is 9.38. The van der Waals surface area contributed by atoms with Crippen molar-refractivity contribution in [3.63, 3.8) is 0 Å². The number of nitrogens with zero attached hydrogens (tertiary/aromatic N) is 5. The van der Waals surface area contributed by atoms with Gasteiger partial charge >= 0.3 is 16.9 Å². The lowest BCUT2D eigenvalue weighted by atomic mass is 10.2. The molecule has 0 aliphatic heterocycles. The van der Waals surface area contributed by atoms with Crippen molar-refractivity contribution in [2.75, 3.05) is 14.2 Å². The zero-order chi connectivity index (χ0) is 23.4. The van der Waals surface area contributed by atoms with Crippen molar-refractivity contribution < 1.29 is 14.4 Å². The van der Waals surface area contributed by atoms with E-state index in [-0.39, 0.29) is 5.69 Å². The number of nitro groups is 1. The Balaban J connectivity index is 2.19. The number of hydrogen-bond acceptors (Lipinski definition) is 7. The molecule has 1 aromatic carbocycles. The third-order valence-electron chi connectivity index (χ3n) is 4.98. The predicted octanol–water partition coefficient (Wildman–Crippen LogP) is 2.60. The Morgan fingerprint density at radius 2 is 1.66 bits per heavy atom. The standard InChI is InChI=1S/C21H23N5O6/c1-14(31-3)24-18(19(26(29)30)20(27)25(21(24)28)15(2)32-4)11-10-16-12-22-23(13-16)17-8-6-5-7-9-17/h5-15H,1-4H3/b11-10+. The first-order chi connectivity index (χ1) is 15.3. The summed E-state index contributed by atoms with van der Waals surface area (Å²) >= 11 is 0. The van der Waals surface area contributed by atoms with E-state index in [0.29, 0.717) is 10.1 Å². The summed E-state index contributed by atoms with van der Waals surface area (Å²) in [4.78, 5) is 36.9. The summed E-state index contributed by atoms with van der Waals surface area (Å²) in [6.45, 7) is 2.99. The van der Waals surface area contributed by atoms with Gasteiger partial charge in [0.15, 0.2) is 0 Å². The predicted molar refractivity (Wildman–Crippen MR) is 118 cm³/mol. The van der Waals surface area contributed by atoms with Crippen LogP contribution >= 0.6 is 0 Å². The monoisotopic (exact) mass is 441 g/mol. The fraction of sp³-hybridized carbons (Fsp3) is 0.286. The van der Waals surface area contributed by atoms with Crippen molar-refractivity contribution in [2.45, 2.75) is 26.3 Å². The van der Waals surface area contributed by atoms with Gasteiger partial charge in [-0.25, -0.2) is 14.0 Å². The van der Waals surface area contributed by atoms with Crippen LogP contribution in [-0.4, -0.2) is 38.1 Å². The van der Waals surface area contributed by atoms with E-state index >= 15 is 0 Å². The molecule has 0 N–H and O–H groups in total. The first-order valence-electron chi connectivity index (χ1n) is 9.69. The summed E-state index contributed by atoms with van der Waals surface area (Å²) < 4.78 is 13.7. The van der Waals surface area contributed by atoms with E-state index in [9.17, 15) is 19.7 Å². The number of benzene rings is 1. The van der Waals surface area contributed by atoms with Crippen molar-refractivity contribution in [3.8, 4) is 5.69 Å². The molecular weight excluding hydrogens is 418 g/mol. The molecule has 0 aliphatic rings. The van der Waals surface area contributed by atoms with Crippen LogP contribution in [0.4, 0.5) is 5.69 Å². The molecule has 0 bridgehead atoms. The summed E-state index contributed by atoms with van der Waals surface area (Å²) in [5.41, 5.74) is -1.35. The van der Waals surface area contributed by atoms with Crippen LogP contribution in [0, 0.1) is 10.1 Å². The van der Waals surface area contributed by atoms with E-state index in [2.05, 4.69) is 5.10 Å². The molecule has 0 spiro atoms. The zero-order valence-electron chi connectivity index (χ0n) is 18.0. The van der Waals surface area contributed by atoms with Crippen molar-refractivity contribution in [1.82, 2.24) is 18.9 Å². The Morgan fingerprint density at radius 1 is 1.03 bits per heavy atom. The molecule has 11 heteroatoms. The lowest BCUT2D eigenvalue weighted by molar-refractivity contribution is -0.387. The van der Waals surface area contributed by atoms with Crippen LogP contribution in [-0.2, 0) is 9.47 Å². The van der Waals surface area contributed by atoms with Gasteiger partial charge in [0.2, 0.25) is 0 Å². The largest absolute Gasteiger partial charge is 0.361 e. The Labute approximate surface area is 182 Å². The Bertz CT molecular complexity index is 1260. The van der Waals surface area contributed by atoms with Gasteiger partial charge in [0.05, 0.1) is 16.8 Å². The van der Waals surface area contributed by atoms with Crippen molar-refractivity contribution in [1.29, 1.82) is 0 Å². The molecule has 2 unspecified atom stereocenters. The van der Waals surface area contributed by atoms with E-state index in [1.54, 1.807) is 24.0 Å². The van der Waals surface area contributed by atoms with E-state index in [1.807, 2.05) is 30.3 Å². The second-order valence-corrected chi connectivity index (χ2v) is 6.88. The summed E-state index contributed by atoms with van der Waals surface area (Å²) in [5, 5.41) is 16.1. The molecule has 168 valence electrons. The molecule has 0 amide bonds. The van der Waals surface area contributed by atoms with Gasteiger partial charge in [0.25, 0.3) is 0 Å². The van der Waals surface area contributed by atoms with E-state index in [1.165, 1.54) is 33.3 Å². The average molecular weight is 441 g/mol. The summed E-state index contributed by atoms with van der Waals surface area (Å²) in [6.07, 6.45) is 4.26. The van der Waals surface area contributed by atoms with Crippen molar-refractivity contribution in [2.24, 2.45) is 0 Å². The molecule has 32 heavy (non-hydrogen) atoms. The maximum Gasteiger partial charge on any atom is 0.357 e. The Kier molecular flexibility index (Phi) is 6.81. The molecule has 2 heterocycles. The number of rotatable bonds is 8. The number of aromatic nitrogens is 4. The van der Waals surface area contributed by atoms with Crippen LogP contribution in [0.1, 0.15) is 37.6 Å². The fourth-order valence-corrected chi connectivity index (χ4v) is 3.18. The molecular formula is C21H23N5O6. The van der Waals surface area contributed by atoms with Gasteiger partial charge in [-0.15, -0.1) is 0 Å². The Hall–Kier alpha value is -3.83. The van der Waals surface area contributed by atoms with Gasteiger partial charge in [-0.3, -0.25) is 19.5 Å². The molecule has 11 nitrogen and oxygen atoms in total. The first-order valence-corrected chi connectivity index (χ1v) is 9.69. The smallest absolute Gasteiger partial charge is 0.357 e. The maximum absolute atomic E-state index is 13.1. The van der Waals surface area contributed by atoms with E-state index in [0.717, 1.165) is 10.3 Å². The topological polar surface area (TPSA) is 123 Å². The molecule has 0 fully saturated rings. The highest BCUT2D eigenvalue weighted by Crippen LogP contribution is 2.21. The highest BCUT2D eigenvalue weighted by atomic mass is 16.6. The molecule has 0 saturated heterocycles. The first kappa shape index (κ1) is 22.8. The fourth-order valence-electron chi connectivity index (χ4n) is 3.18. The van der Waals surface area contributed by atoms with Crippen LogP contribution in [0.2, 0.25) is 0 Å². The summed E-state index contributed by atoms with van der Waals surface area (Å²) in [5.74, 6) is 0. The molecule has 2 aromatic heterocycles. The SMILES string of the molecule is COC(C)n1c(/C=C/c2cnn(-c3ccccc3)c2)c([N+](=O)[O-])c(=O)n(C(C)OC)c1=O. The quantitative estimate of drug-likeness (QED) is 0.389. The lowest BCUT2D eigenvalue weighted by Gasteiger charge is -2.20. The normalized spacial score (nSPS) is 13.4. The molecule has 3 rings (SSSR count). The van der Waals surface area contributed by atoms with Crippen LogP contribution in [0.25, 0.3) is 17.8 Å². The number of hydrogen-bond donors (Lipinski definition) is 0. The van der Waals surface area contributed by atoms with Crippen LogP contribution in [0.15, 0.2) is 52.3 Å². The van der Waals surface area contributed by atoms with Crippen molar-refractivity contribution >= 4 is 17.8 Å². The van der Waals surface area contributed by atoms with Gasteiger partial charge in [-0.05, 0) is 38.1 Å². The van der Waals surface area contributed by atoms with Gasteiger partial charge < -0.3 is 9.47 Å². The van der Waals surface area contributed by atoms with Crippen molar-refractivity contribution in [3.05, 3.63) is 84.9 Å². The molecule has 2 atom stereocenters. The minimum Gasteiger partial charge on any atom is -0.361 e. The molecule has 0 radical (unpaired) electrons. The molecule has 0 saturated carbocycles. The third kappa shape index (κ3) is 4.29. The molecule has 0 aliphatic carbocycles. The van der Waals surface area contributed by atoms with E-state index < -0.39 is 34.3 Å². The number of methoxy groups -OCH3 is 2. The van der Waals surface area contributed by atoms with Crippen LogP contribution < -0.4 is 11.2 Å². The highest BCUT2D eigenvalue weighted by molar-refractivity contribution is 5.71. The second-order valence-electron chi connectivity index (χ2n) is 6.88. The van der Waals surface area contributed by atoms with E-state index in [4.69, 9.17) is 9.47 Å². The minimum atomic E-state index is -1.06. The highest BCUT2D eigenvalue weighted by Gasteiger charge is 2.30. The lowest BCUT2D eigenvalue weighted by Crippen LogP contribution is -2.45. The van der Waals surface area contributed by atoms with Gasteiger partial charge in [-0.1, -0.05) is 18.2 Å². The van der Waals surface area contributed by atoms with Crippen LogP contribution in [0.3, 0.4) is 0 Å². The average Bonchev–Trinajstić information content (AvgIpc) is 3.26. The van der Waals surface area contributed by atoms with Gasteiger partial charge in [0.1, 0.15) is 18.1 Å². The van der Waals surface area contributed by atoms with Crippen LogP contribution in [0.5, 0.6) is 0 Å². The Morgan fingerprint density at radius 3 is 2.25 bits per heavy atom. The number of ether oxygens (including phenoxy) is 2. The summed E-state index contributed by atoms with van der Waals surface area (Å²) in [7, 11) is 2.65. The van der Waals surface area contributed by atoms with Gasteiger partial charge in [0, 0.05) is 26.0 Å². The minimum absolute atomic E-state index is 0.189. The zero-order valence-corrected chi connectivity index (χ0v) is 18.0. The third-order valence-corrected chi connectivity index (χ3v) is 4.98.